The number of allylic oxidation sites excluding steroid dienone is 1. The number of aryl methyl sites for hydroxylation is 1. The first-order valence-corrected chi connectivity index (χ1v) is 13.5. The smallest absolute Gasteiger partial charge is 0.317 e. The second kappa shape index (κ2) is 11.1. The molecule has 3 heterocycles. The van der Waals surface area contributed by atoms with E-state index < -0.39 is 5.91 Å². The van der Waals surface area contributed by atoms with Gasteiger partial charge in [-0.15, -0.1) is 22.7 Å². The molecule has 2 aromatic rings. The first kappa shape index (κ1) is 24.4. The van der Waals surface area contributed by atoms with Gasteiger partial charge in [0.15, 0.2) is 0 Å². The number of likely N-dealkylation sites (tertiary alicyclic amines) is 1. The van der Waals surface area contributed by atoms with Crippen LogP contribution in [-0.2, 0) is 0 Å². The zero-order valence-electron chi connectivity index (χ0n) is 19.4. The van der Waals surface area contributed by atoms with Crippen LogP contribution in [0.15, 0.2) is 22.4 Å². The minimum absolute atomic E-state index is 0.00515. The summed E-state index contributed by atoms with van der Waals surface area (Å²) in [6, 6.07) is 0.00515. The molecule has 1 aliphatic heterocycles. The van der Waals surface area contributed by atoms with Crippen molar-refractivity contribution in [1.29, 1.82) is 0 Å². The average Bonchev–Trinajstić information content (AvgIpc) is 3.47. The van der Waals surface area contributed by atoms with Crippen LogP contribution in [0.2, 0.25) is 0 Å². The van der Waals surface area contributed by atoms with Crippen molar-refractivity contribution in [3.05, 3.63) is 44.2 Å². The summed E-state index contributed by atoms with van der Waals surface area (Å²) < 4.78 is 0. The number of piperidine rings is 1. The van der Waals surface area contributed by atoms with Gasteiger partial charge in [-0.3, -0.25) is 9.59 Å². The molecule has 0 unspecified atom stereocenters. The second-order valence-corrected chi connectivity index (χ2v) is 10.6. The normalized spacial score (nSPS) is 16.7. The second-order valence-electron chi connectivity index (χ2n) is 8.86. The molecule has 4 rings (SSSR count). The van der Waals surface area contributed by atoms with Crippen LogP contribution in [0.25, 0.3) is 0 Å². The van der Waals surface area contributed by atoms with E-state index in [2.05, 4.69) is 21.7 Å². The quantitative estimate of drug-likeness (QED) is 0.479. The Balaban J connectivity index is 1.25. The molecular formula is C24H31N5O3S2. The Bertz CT molecular complexity index is 1080. The molecule has 4 N–H and O–H groups in total. The van der Waals surface area contributed by atoms with Gasteiger partial charge in [-0.1, -0.05) is 11.6 Å². The number of aromatic nitrogens is 1. The molecule has 34 heavy (non-hydrogen) atoms. The Hall–Kier alpha value is -2.72. The number of nitrogens with zero attached hydrogens (tertiary/aromatic N) is 2. The number of primary amides is 1. The lowest BCUT2D eigenvalue weighted by atomic mass is 9.97. The van der Waals surface area contributed by atoms with Gasteiger partial charge < -0.3 is 21.3 Å². The lowest BCUT2D eigenvalue weighted by Crippen LogP contribution is -2.44. The molecule has 10 heteroatoms. The summed E-state index contributed by atoms with van der Waals surface area (Å²) in [6.07, 6.45) is 9.77. The number of amides is 4. The van der Waals surface area contributed by atoms with E-state index in [0.29, 0.717) is 35.9 Å². The highest BCUT2D eigenvalue weighted by Gasteiger charge is 2.27. The van der Waals surface area contributed by atoms with Crippen molar-refractivity contribution in [2.24, 2.45) is 5.73 Å². The summed E-state index contributed by atoms with van der Waals surface area (Å²) in [5.74, 6) is -0.681. The van der Waals surface area contributed by atoms with Gasteiger partial charge in [0.05, 0.1) is 10.6 Å². The van der Waals surface area contributed by atoms with E-state index in [1.165, 1.54) is 47.5 Å². The Morgan fingerprint density at radius 1 is 1.18 bits per heavy atom. The molecular weight excluding hydrogens is 470 g/mol. The van der Waals surface area contributed by atoms with Gasteiger partial charge in [-0.25, -0.2) is 9.78 Å². The maximum absolute atomic E-state index is 12.7. The number of anilines is 1. The molecule has 0 bridgehead atoms. The highest BCUT2D eigenvalue weighted by atomic mass is 32.1. The molecule has 0 saturated carbocycles. The lowest BCUT2D eigenvalue weighted by Gasteiger charge is -2.31. The lowest BCUT2D eigenvalue weighted by molar-refractivity contribution is 0.100. The van der Waals surface area contributed by atoms with Gasteiger partial charge in [-0.05, 0) is 62.8 Å². The number of thiophene rings is 1. The predicted molar refractivity (Wildman–Crippen MR) is 136 cm³/mol. The Labute approximate surface area is 207 Å². The summed E-state index contributed by atoms with van der Waals surface area (Å²) >= 11 is 2.74. The van der Waals surface area contributed by atoms with Gasteiger partial charge in [-0.2, -0.15) is 0 Å². The van der Waals surface area contributed by atoms with E-state index >= 15 is 0 Å². The van der Waals surface area contributed by atoms with E-state index in [1.54, 1.807) is 17.7 Å². The van der Waals surface area contributed by atoms with Gasteiger partial charge in [0, 0.05) is 30.9 Å². The van der Waals surface area contributed by atoms with Crippen LogP contribution in [0.3, 0.4) is 0 Å². The summed E-state index contributed by atoms with van der Waals surface area (Å²) in [4.78, 5) is 43.3. The SMILES string of the molecule is Cc1csc(NC(=O)c2csc(C3CCN(C(=O)NCCC4=CCCCC4)CC3)n2)c1C(N)=O. The molecule has 1 fully saturated rings. The molecule has 2 aromatic heterocycles. The number of carbonyl (C=O) groups is 3. The third kappa shape index (κ3) is 5.85. The summed E-state index contributed by atoms with van der Waals surface area (Å²) in [5, 5.41) is 10.7. The molecule has 0 aromatic carbocycles. The standard InChI is InChI=1S/C24H31N5O3S2/c1-15-13-33-23(19(15)20(25)30)28-21(31)18-14-34-22(27-18)17-8-11-29(12-9-17)24(32)26-10-7-16-5-3-2-4-6-16/h5,13-14,17H,2-4,6-12H2,1H3,(H2,25,30)(H,26,32)(H,28,31). The predicted octanol–water partition coefficient (Wildman–Crippen LogP) is 4.64. The minimum atomic E-state index is -0.560. The van der Waals surface area contributed by atoms with Gasteiger partial charge >= 0.3 is 6.03 Å². The number of hydrogen-bond acceptors (Lipinski definition) is 6. The molecule has 0 spiro atoms. The fraction of sp³-hybridized carbons (Fsp3) is 0.500. The molecule has 0 atom stereocenters. The maximum atomic E-state index is 12.7. The number of hydrogen-bond donors (Lipinski definition) is 3. The molecule has 1 saturated heterocycles. The summed E-state index contributed by atoms with van der Waals surface area (Å²) in [5.41, 5.74) is 8.32. The van der Waals surface area contributed by atoms with Gasteiger partial charge in [0.2, 0.25) is 0 Å². The molecule has 182 valence electrons. The molecule has 0 radical (unpaired) electrons. The number of nitrogens with two attached hydrogens (primary N) is 1. The fourth-order valence-corrected chi connectivity index (χ4v) is 6.41. The number of rotatable bonds is 7. The van der Waals surface area contributed by atoms with Crippen LogP contribution in [0.1, 0.15) is 82.3 Å². The zero-order chi connectivity index (χ0) is 24.1. The van der Waals surface area contributed by atoms with Crippen molar-refractivity contribution in [3.8, 4) is 0 Å². The van der Waals surface area contributed by atoms with E-state index in [9.17, 15) is 14.4 Å². The van der Waals surface area contributed by atoms with Crippen molar-refractivity contribution in [2.45, 2.75) is 57.8 Å². The average molecular weight is 502 g/mol. The third-order valence-corrected chi connectivity index (χ3v) is 8.46. The monoisotopic (exact) mass is 501 g/mol. The number of thiazole rings is 1. The summed E-state index contributed by atoms with van der Waals surface area (Å²) in [7, 11) is 0. The number of urea groups is 1. The molecule has 8 nitrogen and oxygen atoms in total. The maximum Gasteiger partial charge on any atom is 0.317 e. The summed E-state index contributed by atoms with van der Waals surface area (Å²) in [6.45, 7) is 3.83. The van der Waals surface area contributed by atoms with Crippen molar-refractivity contribution < 1.29 is 14.4 Å². The van der Waals surface area contributed by atoms with Crippen molar-refractivity contribution in [2.75, 3.05) is 25.0 Å². The first-order chi connectivity index (χ1) is 16.4. The number of nitrogens with one attached hydrogen (secondary N) is 2. The number of carbonyl (C=O) groups excluding carboxylic acids is 3. The third-order valence-electron chi connectivity index (χ3n) is 6.44. The van der Waals surface area contributed by atoms with Gasteiger partial charge in [0.25, 0.3) is 11.8 Å². The minimum Gasteiger partial charge on any atom is -0.365 e. The van der Waals surface area contributed by atoms with Crippen molar-refractivity contribution in [1.82, 2.24) is 15.2 Å². The van der Waals surface area contributed by atoms with Crippen LogP contribution in [-0.4, -0.2) is 47.4 Å². The van der Waals surface area contributed by atoms with E-state index in [4.69, 9.17) is 5.73 Å². The Kier molecular flexibility index (Phi) is 7.99. The van der Waals surface area contributed by atoms with Crippen LogP contribution in [0, 0.1) is 6.92 Å². The topological polar surface area (TPSA) is 117 Å². The molecule has 2 aliphatic rings. The van der Waals surface area contributed by atoms with Crippen LogP contribution >= 0.6 is 22.7 Å². The van der Waals surface area contributed by atoms with Crippen LogP contribution < -0.4 is 16.4 Å². The largest absolute Gasteiger partial charge is 0.365 e. The van der Waals surface area contributed by atoms with E-state index in [0.717, 1.165) is 36.3 Å². The highest BCUT2D eigenvalue weighted by Crippen LogP contribution is 2.32. The van der Waals surface area contributed by atoms with E-state index in [-0.39, 0.29) is 17.9 Å². The van der Waals surface area contributed by atoms with Crippen molar-refractivity contribution in [3.63, 3.8) is 0 Å². The van der Waals surface area contributed by atoms with E-state index in [1.807, 2.05) is 4.90 Å². The first-order valence-electron chi connectivity index (χ1n) is 11.8. The van der Waals surface area contributed by atoms with Crippen LogP contribution in [0.4, 0.5) is 9.80 Å². The Morgan fingerprint density at radius 3 is 2.68 bits per heavy atom. The van der Waals surface area contributed by atoms with Crippen LogP contribution in [0.5, 0.6) is 0 Å². The van der Waals surface area contributed by atoms with Crippen molar-refractivity contribution >= 4 is 45.5 Å². The molecule has 1 aliphatic carbocycles. The molecule has 4 amide bonds. The fourth-order valence-electron chi connectivity index (χ4n) is 4.49. The van der Waals surface area contributed by atoms with Gasteiger partial charge in [0.1, 0.15) is 10.7 Å². The highest BCUT2D eigenvalue weighted by molar-refractivity contribution is 7.15. The Morgan fingerprint density at radius 2 is 1.97 bits per heavy atom. The zero-order valence-corrected chi connectivity index (χ0v) is 21.0.